The largest absolute Gasteiger partial charge is 0.453 e. The quantitative estimate of drug-likeness (QED) is 0.439. The second-order valence-corrected chi connectivity index (χ2v) is 10.4. The maximum Gasteiger partial charge on any atom is 0.348 e. The second kappa shape index (κ2) is 8.73. The van der Waals surface area contributed by atoms with Crippen LogP contribution in [0.3, 0.4) is 0 Å². The van der Waals surface area contributed by atoms with Crippen molar-refractivity contribution in [2.45, 2.75) is 45.3 Å². The second-order valence-electron chi connectivity index (χ2n) is 10.4. The third kappa shape index (κ3) is 4.60. The Bertz CT molecular complexity index is 950. The van der Waals surface area contributed by atoms with Crippen molar-refractivity contribution >= 4 is 5.97 Å². The molecule has 0 spiro atoms. The SMILES string of the molecule is CC(C)(C)C#CC[N+]12CCC(CC1)[C@@H](OC(=O)C(O)(c1ccccc1)c1ccccc1)C2. The Kier molecular flexibility index (Phi) is 6.16. The van der Waals surface area contributed by atoms with Gasteiger partial charge in [0.2, 0.25) is 5.60 Å². The standard InChI is InChI=1S/C28H34NO3/c1-27(2,3)17-10-18-29-19-15-22(16-20-29)25(21-29)32-26(30)28(31,23-11-6-4-7-12-23)24-13-8-5-9-14-24/h4-9,11-14,22,25,31H,15-16,18-21H2,1-3H3/q+1/t22?,25-,29?/m0/s1. The number of carbonyl (C=O) groups excluding carboxylic acids is 1. The number of fused-ring (bicyclic) bond motifs is 3. The van der Waals surface area contributed by atoms with Crippen molar-refractivity contribution in [3.63, 3.8) is 0 Å². The molecule has 3 saturated heterocycles. The Labute approximate surface area is 191 Å². The van der Waals surface area contributed by atoms with Gasteiger partial charge in [-0.05, 0) is 37.8 Å². The summed E-state index contributed by atoms with van der Waals surface area (Å²) in [5.74, 6) is 6.52. The summed E-state index contributed by atoms with van der Waals surface area (Å²) in [6.07, 6.45) is 1.87. The highest BCUT2D eigenvalue weighted by Gasteiger charge is 2.50. The van der Waals surface area contributed by atoms with E-state index in [4.69, 9.17) is 4.74 Å². The highest BCUT2D eigenvalue weighted by molar-refractivity contribution is 5.85. The van der Waals surface area contributed by atoms with Gasteiger partial charge in [0.25, 0.3) is 0 Å². The van der Waals surface area contributed by atoms with Gasteiger partial charge in [-0.15, -0.1) is 0 Å². The fourth-order valence-electron chi connectivity index (χ4n) is 5.03. The topological polar surface area (TPSA) is 46.5 Å². The molecule has 2 bridgehead atoms. The van der Waals surface area contributed by atoms with Crippen molar-refractivity contribution in [1.82, 2.24) is 0 Å². The van der Waals surface area contributed by atoms with Gasteiger partial charge >= 0.3 is 5.97 Å². The van der Waals surface area contributed by atoms with Crippen molar-refractivity contribution in [3.05, 3.63) is 71.8 Å². The zero-order valence-corrected chi connectivity index (χ0v) is 19.4. The van der Waals surface area contributed by atoms with Crippen LogP contribution in [-0.2, 0) is 15.1 Å². The van der Waals surface area contributed by atoms with E-state index in [1.54, 1.807) is 24.3 Å². The van der Waals surface area contributed by atoms with Crippen LogP contribution < -0.4 is 0 Å². The molecule has 0 aromatic heterocycles. The minimum atomic E-state index is -1.83. The van der Waals surface area contributed by atoms with E-state index in [1.165, 1.54) is 0 Å². The summed E-state index contributed by atoms with van der Waals surface area (Å²) in [5, 5.41) is 11.7. The van der Waals surface area contributed by atoms with Gasteiger partial charge in [0, 0.05) is 24.2 Å². The molecule has 1 N–H and O–H groups in total. The predicted molar refractivity (Wildman–Crippen MR) is 125 cm³/mol. The van der Waals surface area contributed by atoms with Crippen LogP contribution in [0.15, 0.2) is 60.7 Å². The zero-order valence-electron chi connectivity index (χ0n) is 19.4. The third-order valence-electron chi connectivity index (χ3n) is 6.86. The number of hydrogen-bond acceptors (Lipinski definition) is 3. The van der Waals surface area contributed by atoms with Crippen LogP contribution >= 0.6 is 0 Å². The van der Waals surface area contributed by atoms with Crippen molar-refractivity contribution in [1.29, 1.82) is 0 Å². The van der Waals surface area contributed by atoms with Gasteiger partial charge in [0.05, 0.1) is 13.1 Å². The highest BCUT2D eigenvalue weighted by Crippen LogP contribution is 2.38. The summed E-state index contributed by atoms with van der Waals surface area (Å²) in [4.78, 5) is 13.6. The number of piperidine rings is 3. The van der Waals surface area contributed by atoms with E-state index in [9.17, 15) is 9.90 Å². The molecule has 0 saturated carbocycles. The van der Waals surface area contributed by atoms with Gasteiger partial charge in [0.1, 0.15) is 13.1 Å². The first-order valence-electron chi connectivity index (χ1n) is 11.6. The van der Waals surface area contributed by atoms with Crippen LogP contribution in [0.25, 0.3) is 0 Å². The number of ether oxygens (including phenoxy) is 1. The first-order chi connectivity index (χ1) is 15.2. The molecule has 0 aliphatic carbocycles. The number of rotatable bonds is 5. The molecule has 3 aliphatic heterocycles. The molecule has 3 fully saturated rings. The van der Waals surface area contributed by atoms with Gasteiger partial charge in [-0.2, -0.15) is 0 Å². The van der Waals surface area contributed by atoms with Gasteiger partial charge in [-0.25, -0.2) is 4.79 Å². The lowest BCUT2D eigenvalue weighted by atomic mass is 9.82. The molecule has 1 atom stereocenters. The molecule has 3 aliphatic rings. The molecule has 0 amide bonds. The molecule has 4 nitrogen and oxygen atoms in total. The van der Waals surface area contributed by atoms with Crippen LogP contribution in [0, 0.1) is 23.2 Å². The molecular formula is C28H34NO3+. The predicted octanol–water partition coefficient (Wildman–Crippen LogP) is 4.12. The normalized spacial score (nSPS) is 25.0. The maximum absolute atomic E-state index is 13.6. The fraction of sp³-hybridized carbons (Fsp3) is 0.464. The average molecular weight is 433 g/mol. The average Bonchev–Trinajstić information content (AvgIpc) is 2.79. The maximum atomic E-state index is 13.6. The first kappa shape index (κ1) is 22.6. The Hall–Kier alpha value is -2.61. The summed E-state index contributed by atoms with van der Waals surface area (Å²) in [7, 11) is 0. The minimum absolute atomic E-state index is 0.0137. The van der Waals surface area contributed by atoms with Crippen molar-refractivity contribution in [3.8, 4) is 11.8 Å². The number of carbonyl (C=O) groups is 1. The third-order valence-corrected chi connectivity index (χ3v) is 6.86. The smallest absolute Gasteiger partial charge is 0.348 e. The fourth-order valence-corrected chi connectivity index (χ4v) is 5.03. The van der Waals surface area contributed by atoms with Gasteiger partial charge in [0.15, 0.2) is 6.10 Å². The molecule has 2 aromatic rings. The van der Waals surface area contributed by atoms with E-state index >= 15 is 0 Å². The van der Waals surface area contributed by atoms with Crippen LogP contribution in [0.2, 0.25) is 0 Å². The molecule has 5 rings (SSSR count). The molecule has 4 heteroatoms. The highest BCUT2D eigenvalue weighted by atomic mass is 16.6. The molecule has 168 valence electrons. The summed E-state index contributed by atoms with van der Waals surface area (Å²) in [5.41, 5.74) is -0.791. The monoisotopic (exact) mass is 432 g/mol. The van der Waals surface area contributed by atoms with Crippen LogP contribution in [0.4, 0.5) is 0 Å². The Balaban J connectivity index is 1.57. The van der Waals surface area contributed by atoms with E-state index in [1.807, 2.05) is 36.4 Å². The lowest BCUT2D eigenvalue weighted by molar-refractivity contribution is -0.939. The number of aliphatic hydroxyl groups is 1. The van der Waals surface area contributed by atoms with Crippen LogP contribution in [-0.4, -0.2) is 47.8 Å². The van der Waals surface area contributed by atoms with Gasteiger partial charge < -0.3 is 14.3 Å². The van der Waals surface area contributed by atoms with E-state index in [0.29, 0.717) is 17.0 Å². The Morgan fingerprint density at radius 3 is 2.03 bits per heavy atom. The van der Waals surface area contributed by atoms with Crippen LogP contribution in [0.5, 0.6) is 0 Å². The summed E-state index contributed by atoms with van der Waals surface area (Å²) in [6.45, 7) is 10.1. The first-order valence-corrected chi connectivity index (χ1v) is 11.6. The van der Waals surface area contributed by atoms with E-state index < -0.39 is 11.6 Å². The lowest BCUT2D eigenvalue weighted by Crippen LogP contribution is -2.65. The zero-order chi connectivity index (χ0) is 22.8. The summed E-state index contributed by atoms with van der Waals surface area (Å²) >= 11 is 0. The Morgan fingerprint density at radius 1 is 1.00 bits per heavy atom. The lowest BCUT2D eigenvalue weighted by Gasteiger charge is -2.51. The van der Waals surface area contributed by atoms with Crippen molar-refractivity contribution in [2.75, 3.05) is 26.2 Å². The van der Waals surface area contributed by atoms with Crippen LogP contribution in [0.1, 0.15) is 44.7 Å². The number of benzene rings is 2. The number of hydrogen-bond donors (Lipinski definition) is 1. The molecule has 32 heavy (non-hydrogen) atoms. The van der Waals surface area contributed by atoms with E-state index in [-0.39, 0.29) is 11.5 Å². The molecule has 3 heterocycles. The summed E-state index contributed by atoms with van der Waals surface area (Å²) in [6, 6.07) is 18.2. The van der Waals surface area contributed by atoms with E-state index in [2.05, 4.69) is 32.6 Å². The molecule has 0 radical (unpaired) electrons. The minimum Gasteiger partial charge on any atom is -0.453 e. The van der Waals surface area contributed by atoms with Crippen molar-refractivity contribution < 1.29 is 19.1 Å². The van der Waals surface area contributed by atoms with E-state index in [0.717, 1.165) is 43.5 Å². The molecule has 0 unspecified atom stereocenters. The Morgan fingerprint density at radius 2 is 1.53 bits per heavy atom. The van der Waals surface area contributed by atoms with Gasteiger partial charge in [-0.1, -0.05) is 66.6 Å². The number of quaternary nitrogens is 1. The van der Waals surface area contributed by atoms with Crippen molar-refractivity contribution in [2.24, 2.45) is 11.3 Å². The number of nitrogens with zero attached hydrogens (tertiary/aromatic N) is 1. The molecular weight excluding hydrogens is 398 g/mol. The number of esters is 1. The summed E-state index contributed by atoms with van der Waals surface area (Å²) < 4.78 is 7.00. The van der Waals surface area contributed by atoms with Gasteiger partial charge in [-0.3, -0.25) is 0 Å². The molecule has 2 aromatic carbocycles.